The predicted octanol–water partition coefficient (Wildman–Crippen LogP) is 6.68. The topological polar surface area (TPSA) is 74.7 Å². The standard InChI is InChI=1S/C25H18F3N5O/c26-25(27,28)18-7-9-19(10-8-18)31-24(34)32-23-14-29-22-11-6-16(12-21(22)23)17-13-30-33(15-17)20-4-2-1-3-5-20/h1-15,29H,(H2,31,32,34). The van der Waals surface area contributed by atoms with Crippen LogP contribution in [0.4, 0.5) is 29.3 Å². The van der Waals surface area contributed by atoms with Crippen LogP contribution >= 0.6 is 0 Å². The van der Waals surface area contributed by atoms with E-state index >= 15 is 0 Å². The third kappa shape index (κ3) is 4.36. The molecule has 0 unspecified atom stereocenters. The number of para-hydroxylation sites is 1. The van der Waals surface area contributed by atoms with E-state index in [1.807, 2.05) is 54.7 Å². The van der Waals surface area contributed by atoms with E-state index in [0.717, 1.165) is 39.8 Å². The van der Waals surface area contributed by atoms with Crippen LogP contribution in [-0.2, 0) is 6.18 Å². The van der Waals surface area contributed by atoms with E-state index in [0.29, 0.717) is 5.69 Å². The van der Waals surface area contributed by atoms with Gasteiger partial charge in [-0.15, -0.1) is 0 Å². The van der Waals surface area contributed by atoms with Gasteiger partial charge in [0.05, 0.1) is 23.1 Å². The molecule has 0 radical (unpaired) electrons. The molecule has 0 spiro atoms. The van der Waals surface area contributed by atoms with Crippen LogP contribution in [0.15, 0.2) is 91.4 Å². The molecule has 5 rings (SSSR count). The number of halogens is 3. The Labute approximate surface area is 192 Å². The maximum atomic E-state index is 12.7. The summed E-state index contributed by atoms with van der Waals surface area (Å²) in [4.78, 5) is 15.6. The first-order valence-electron chi connectivity index (χ1n) is 10.3. The highest BCUT2D eigenvalue weighted by Crippen LogP contribution is 2.31. The van der Waals surface area contributed by atoms with Crippen LogP contribution in [0.5, 0.6) is 0 Å². The Kier molecular flexibility index (Phi) is 5.29. The molecule has 0 aliphatic rings. The number of aromatic nitrogens is 3. The van der Waals surface area contributed by atoms with Gasteiger partial charge in [-0.3, -0.25) is 0 Å². The van der Waals surface area contributed by atoms with Gasteiger partial charge < -0.3 is 15.6 Å². The first-order chi connectivity index (χ1) is 16.4. The maximum absolute atomic E-state index is 12.7. The van der Waals surface area contributed by atoms with Crippen molar-refractivity contribution in [2.45, 2.75) is 6.18 Å². The number of nitrogens with one attached hydrogen (secondary N) is 3. The summed E-state index contributed by atoms with van der Waals surface area (Å²) in [5, 5.41) is 10.5. The minimum atomic E-state index is -4.43. The summed E-state index contributed by atoms with van der Waals surface area (Å²) in [5.74, 6) is 0. The van der Waals surface area contributed by atoms with E-state index in [1.165, 1.54) is 12.1 Å². The second kappa shape index (κ2) is 8.43. The van der Waals surface area contributed by atoms with Crippen molar-refractivity contribution >= 4 is 28.3 Å². The number of amides is 2. The van der Waals surface area contributed by atoms with Gasteiger partial charge in [-0.05, 0) is 54.1 Å². The summed E-state index contributed by atoms with van der Waals surface area (Å²) in [5.41, 5.74) is 3.60. The Morgan fingerprint density at radius 3 is 2.41 bits per heavy atom. The highest BCUT2D eigenvalue weighted by atomic mass is 19.4. The Hall–Kier alpha value is -4.53. The number of rotatable bonds is 4. The molecule has 6 nitrogen and oxygen atoms in total. The van der Waals surface area contributed by atoms with Crippen LogP contribution in [0.1, 0.15) is 5.56 Å². The van der Waals surface area contributed by atoms with E-state index in [9.17, 15) is 18.0 Å². The number of fused-ring (bicyclic) bond motifs is 1. The minimum absolute atomic E-state index is 0.249. The third-order valence-electron chi connectivity index (χ3n) is 5.34. The molecule has 2 heterocycles. The van der Waals surface area contributed by atoms with Gasteiger partial charge >= 0.3 is 12.2 Å². The van der Waals surface area contributed by atoms with Crippen LogP contribution < -0.4 is 10.6 Å². The average molecular weight is 461 g/mol. The molecule has 5 aromatic rings. The number of hydrogen-bond donors (Lipinski definition) is 3. The molecule has 9 heteroatoms. The van der Waals surface area contributed by atoms with Crippen molar-refractivity contribution in [3.63, 3.8) is 0 Å². The molecule has 3 N–H and O–H groups in total. The zero-order valence-corrected chi connectivity index (χ0v) is 17.6. The number of nitrogens with zero attached hydrogens (tertiary/aromatic N) is 2. The van der Waals surface area contributed by atoms with Crippen molar-refractivity contribution < 1.29 is 18.0 Å². The molecule has 0 aliphatic carbocycles. The fourth-order valence-corrected chi connectivity index (χ4v) is 3.62. The van der Waals surface area contributed by atoms with Gasteiger partial charge in [-0.1, -0.05) is 24.3 Å². The number of carbonyl (C=O) groups is 1. The summed E-state index contributed by atoms with van der Waals surface area (Å²) in [6.07, 6.45) is 0.924. The molecular weight excluding hydrogens is 443 g/mol. The summed E-state index contributed by atoms with van der Waals surface area (Å²) >= 11 is 0. The smallest absolute Gasteiger partial charge is 0.359 e. The van der Waals surface area contributed by atoms with Crippen molar-refractivity contribution in [3.8, 4) is 16.8 Å². The molecule has 0 atom stereocenters. The largest absolute Gasteiger partial charge is 0.416 e. The molecule has 0 saturated heterocycles. The molecule has 170 valence electrons. The lowest BCUT2D eigenvalue weighted by Gasteiger charge is -2.09. The van der Waals surface area contributed by atoms with E-state index in [1.54, 1.807) is 17.1 Å². The zero-order chi connectivity index (χ0) is 23.7. The van der Waals surface area contributed by atoms with Gasteiger partial charge in [0.15, 0.2) is 0 Å². The monoisotopic (exact) mass is 461 g/mol. The Bertz CT molecular complexity index is 1450. The first-order valence-corrected chi connectivity index (χ1v) is 10.3. The van der Waals surface area contributed by atoms with Crippen molar-refractivity contribution in [3.05, 3.63) is 97.0 Å². The van der Waals surface area contributed by atoms with Crippen LogP contribution in [0, 0.1) is 0 Å². The first kappa shape index (κ1) is 21.3. The van der Waals surface area contributed by atoms with Gasteiger partial charge in [0.25, 0.3) is 0 Å². The van der Waals surface area contributed by atoms with Gasteiger partial charge in [-0.25, -0.2) is 9.48 Å². The number of aromatic amines is 1. The second-order valence-electron chi connectivity index (χ2n) is 7.63. The second-order valence-corrected chi connectivity index (χ2v) is 7.63. The molecule has 2 aromatic heterocycles. The summed E-state index contributed by atoms with van der Waals surface area (Å²) in [6.45, 7) is 0. The molecule has 0 saturated carbocycles. The van der Waals surface area contributed by atoms with E-state index in [4.69, 9.17) is 0 Å². The van der Waals surface area contributed by atoms with Gasteiger partial charge in [-0.2, -0.15) is 18.3 Å². The van der Waals surface area contributed by atoms with Crippen LogP contribution in [0.3, 0.4) is 0 Å². The van der Waals surface area contributed by atoms with E-state index in [-0.39, 0.29) is 5.69 Å². The molecule has 0 fully saturated rings. The fraction of sp³-hybridized carbons (Fsp3) is 0.0400. The number of hydrogen-bond acceptors (Lipinski definition) is 2. The molecule has 2 amide bonds. The van der Waals surface area contributed by atoms with E-state index in [2.05, 4.69) is 20.7 Å². The Balaban J connectivity index is 1.34. The number of benzene rings is 3. The lowest BCUT2D eigenvalue weighted by molar-refractivity contribution is -0.137. The molecular formula is C25H18F3N5O. The maximum Gasteiger partial charge on any atom is 0.416 e. The normalized spacial score (nSPS) is 11.5. The third-order valence-corrected chi connectivity index (χ3v) is 5.34. The average Bonchev–Trinajstić information content (AvgIpc) is 3.47. The van der Waals surface area contributed by atoms with Gasteiger partial charge in [0.1, 0.15) is 0 Å². The number of carbonyl (C=O) groups excluding carboxylic acids is 1. The lowest BCUT2D eigenvalue weighted by Crippen LogP contribution is -2.19. The van der Waals surface area contributed by atoms with Crippen LogP contribution in [-0.4, -0.2) is 20.8 Å². The Morgan fingerprint density at radius 1 is 0.912 bits per heavy atom. The van der Waals surface area contributed by atoms with Crippen molar-refractivity contribution in [2.75, 3.05) is 10.6 Å². The minimum Gasteiger partial charge on any atom is -0.359 e. The van der Waals surface area contributed by atoms with Gasteiger partial charge in [0, 0.05) is 34.5 Å². The molecule has 34 heavy (non-hydrogen) atoms. The zero-order valence-electron chi connectivity index (χ0n) is 17.6. The number of anilines is 2. The molecule has 3 aromatic carbocycles. The summed E-state index contributed by atoms with van der Waals surface area (Å²) < 4.78 is 39.9. The number of urea groups is 1. The summed E-state index contributed by atoms with van der Waals surface area (Å²) in [6, 6.07) is 19.2. The van der Waals surface area contributed by atoms with Crippen LogP contribution in [0.2, 0.25) is 0 Å². The number of alkyl halides is 3. The molecule has 0 bridgehead atoms. The quantitative estimate of drug-likeness (QED) is 0.279. The fourth-order valence-electron chi connectivity index (χ4n) is 3.62. The highest BCUT2D eigenvalue weighted by molar-refractivity contribution is 6.06. The van der Waals surface area contributed by atoms with E-state index < -0.39 is 17.8 Å². The lowest BCUT2D eigenvalue weighted by atomic mass is 10.1. The molecule has 0 aliphatic heterocycles. The van der Waals surface area contributed by atoms with Crippen molar-refractivity contribution in [1.29, 1.82) is 0 Å². The van der Waals surface area contributed by atoms with Crippen molar-refractivity contribution in [2.24, 2.45) is 0 Å². The SMILES string of the molecule is O=C(Nc1ccc(C(F)(F)F)cc1)Nc1c[nH]c2ccc(-c3cnn(-c4ccccc4)c3)cc12. The Morgan fingerprint density at radius 2 is 1.68 bits per heavy atom. The predicted molar refractivity (Wildman–Crippen MR) is 125 cm³/mol. The summed E-state index contributed by atoms with van der Waals surface area (Å²) in [7, 11) is 0. The van der Waals surface area contributed by atoms with Gasteiger partial charge in [0.2, 0.25) is 0 Å². The number of H-pyrrole nitrogens is 1. The van der Waals surface area contributed by atoms with Crippen LogP contribution in [0.25, 0.3) is 27.7 Å². The highest BCUT2D eigenvalue weighted by Gasteiger charge is 2.30. The van der Waals surface area contributed by atoms with Crippen molar-refractivity contribution in [1.82, 2.24) is 14.8 Å².